The van der Waals surface area contributed by atoms with Crippen LogP contribution in [0.15, 0.2) is 12.1 Å². The summed E-state index contributed by atoms with van der Waals surface area (Å²) in [6.07, 6.45) is 1.31. The highest BCUT2D eigenvalue weighted by molar-refractivity contribution is 5.55. The lowest BCUT2D eigenvalue weighted by Crippen LogP contribution is -2.12. The van der Waals surface area contributed by atoms with Gasteiger partial charge in [0.05, 0.1) is 0 Å². The number of phenolic OH excluding ortho intramolecular Hbond substituents is 1. The Hall–Kier alpha value is -1.24. The molecule has 1 heteroatoms. The molecule has 1 aromatic carbocycles. The molecule has 0 heterocycles. The minimum Gasteiger partial charge on any atom is -0.507 e. The van der Waals surface area contributed by atoms with Gasteiger partial charge in [-0.15, -0.1) is 0 Å². The minimum atomic E-state index is -0.0894. The largest absolute Gasteiger partial charge is 0.507 e. The first kappa shape index (κ1) is 10.8. The fourth-order valence-electron chi connectivity index (χ4n) is 1.46. The molecule has 0 aliphatic carbocycles. The summed E-state index contributed by atoms with van der Waals surface area (Å²) in [5.41, 5.74) is 2.48. The summed E-state index contributed by atoms with van der Waals surface area (Å²) >= 11 is 0. The van der Waals surface area contributed by atoms with Crippen LogP contribution in [0.5, 0.6) is 5.75 Å². The summed E-state index contributed by atoms with van der Waals surface area (Å²) in [6.45, 7) is 15.2. The van der Waals surface area contributed by atoms with E-state index < -0.39 is 0 Å². The molecule has 0 aliphatic rings. The quantitative estimate of drug-likeness (QED) is 0.716. The molecule has 0 amide bonds. The van der Waals surface area contributed by atoms with Gasteiger partial charge in [-0.3, -0.25) is 0 Å². The maximum Gasteiger partial charge on any atom is 0.122 e. The van der Waals surface area contributed by atoms with E-state index in [4.69, 9.17) is 6.58 Å². The third-order valence-electron chi connectivity index (χ3n) is 2.30. The van der Waals surface area contributed by atoms with Crippen molar-refractivity contribution >= 4 is 6.08 Å². The highest BCUT2D eigenvalue weighted by Gasteiger charge is 2.19. The van der Waals surface area contributed by atoms with Crippen LogP contribution in [0.4, 0.5) is 0 Å². The van der Waals surface area contributed by atoms with E-state index in [0.29, 0.717) is 5.75 Å². The molecule has 1 rings (SSSR count). The third kappa shape index (κ3) is 1.98. The molecule has 74 valence electrons. The molecular formula is C13H16O. The van der Waals surface area contributed by atoms with Gasteiger partial charge in [0.2, 0.25) is 0 Å². The lowest BCUT2D eigenvalue weighted by molar-refractivity contribution is 0.443. The summed E-state index contributed by atoms with van der Waals surface area (Å²) in [7, 11) is 0. The van der Waals surface area contributed by atoms with E-state index >= 15 is 0 Å². The molecule has 1 N–H and O–H groups in total. The normalized spacial score (nSPS) is 11.4. The number of aryl methyl sites for hydroxylation is 1. The van der Waals surface area contributed by atoms with E-state index in [0.717, 1.165) is 16.7 Å². The summed E-state index contributed by atoms with van der Waals surface area (Å²) in [4.78, 5) is 0. The fourth-order valence-corrected chi connectivity index (χ4v) is 1.46. The summed E-state index contributed by atoms with van der Waals surface area (Å²) in [6, 6.07) is 3.69. The van der Waals surface area contributed by atoms with Crippen LogP contribution in [0.2, 0.25) is 0 Å². The van der Waals surface area contributed by atoms with Crippen molar-refractivity contribution in [2.75, 3.05) is 0 Å². The van der Waals surface area contributed by atoms with Crippen LogP contribution in [-0.2, 0) is 5.41 Å². The van der Waals surface area contributed by atoms with E-state index in [1.807, 2.05) is 19.1 Å². The van der Waals surface area contributed by atoms with E-state index in [-0.39, 0.29) is 5.41 Å². The maximum absolute atomic E-state index is 9.88. The second-order valence-corrected chi connectivity index (χ2v) is 4.63. The smallest absolute Gasteiger partial charge is 0.122 e. The van der Waals surface area contributed by atoms with Crippen LogP contribution in [0.3, 0.4) is 0 Å². The molecule has 0 spiro atoms. The van der Waals surface area contributed by atoms with Crippen molar-refractivity contribution < 1.29 is 5.11 Å². The molecule has 0 fully saturated rings. The molecular weight excluding hydrogens is 172 g/mol. The standard InChI is InChI=1S/C13H16O/c1-6-10-7-9(2)12(14)11(8-10)13(3,4)5/h6-8,14H,2-5H3. The predicted octanol–water partition coefficient (Wildman–Crippen LogP) is 3.32. The first-order chi connectivity index (χ1) is 6.36. The summed E-state index contributed by atoms with van der Waals surface area (Å²) in [5, 5.41) is 9.88. The lowest BCUT2D eigenvalue weighted by atomic mass is 9.84. The first-order valence-electron chi connectivity index (χ1n) is 4.71. The van der Waals surface area contributed by atoms with Gasteiger partial charge in [0.1, 0.15) is 5.75 Å². The number of hydrogen-bond donors (Lipinski definition) is 1. The van der Waals surface area contributed by atoms with Gasteiger partial charge in [-0.05, 0) is 48.3 Å². The fraction of sp³-hybridized carbons (Fsp3) is 0.385. The second kappa shape index (κ2) is 3.49. The number of benzene rings is 1. The monoisotopic (exact) mass is 188 g/mol. The molecule has 1 nitrogen and oxygen atoms in total. The van der Waals surface area contributed by atoms with E-state index in [2.05, 4.69) is 20.8 Å². The Labute approximate surface area is 86.1 Å². The zero-order chi connectivity index (χ0) is 10.9. The van der Waals surface area contributed by atoms with Crippen LogP contribution in [-0.4, -0.2) is 5.11 Å². The van der Waals surface area contributed by atoms with Gasteiger partial charge < -0.3 is 5.11 Å². The zero-order valence-corrected chi connectivity index (χ0v) is 9.18. The Morgan fingerprint density at radius 3 is 2.29 bits per heavy atom. The highest BCUT2D eigenvalue weighted by atomic mass is 16.3. The van der Waals surface area contributed by atoms with Gasteiger partial charge >= 0.3 is 0 Å². The molecule has 0 aliphatic heterocycles. The number of phenols is 1. The molecule has 0 saturated carbocycles. The number of rotatable bonds is 1. The van der Waals surface area contributed by atoms with E-state index in [9.17, 15) is 5.11 Å². The molecule has 0 atom stereocenters. The molecule has 0 saturated heterocycles. The van der Waals surface area contributed by atoms with Crippen molar-refractivity contribution in [2.24, 2.45) is 0 Å². The number of hydrogen-bond acceptors (Lipinski definition) is 1. The van der Waals surface area contributed by atoms with Gasteiger partial charge in [0.25, 0.3) is 0 Å². The van der Waals surface area contributed by atoms with Crippen molar-refractivity contribution in [1.29, 1.82) is 0 Å². The van der Waals surface area contributed by atoms with Crippen LogP contribution in [0.1, 0.15) is 37.5 Å². The highest BCUT2D eigenvalue weighted by Crippen LogP contribution is 2.34. The first-order valence-corrected chi connectivity index (χ1v) is 4.71. The van der Waals surface area contributed by atoms with Crippen LogP contribution in [0, 0.1) is 13.5 Å². The molecule has 0 bridgehead atoms. The topological polar surface area (TPSA) is 20.2 Å². The van der Waals surface area contributed by atoms with Gasteiger partial charge in [-0.25, -0.2) is 0 Å². The van der Waals surface area contributed by atoms with Crippen molar-refractivity contribution in [3.05, 3.63) is 35.4 Å². The zero-order valence-electron chi connectivity index (χ0n) is 9.18. The van der Waals surface area contributed by atoms with Gasteiger partial charge in [-0.2, -0.15) is 0 Å². The molecule has 0 aromatic heterocycles. The summed E-state index contributed by atoms with van der Waals surface area (Å²) < 4.78 is 0. The van der Waals surface area contributed by atoms with Crippen LogP contribution >= 0.6 is 0 Å². The molecule has 1 aromatic rings. The van der Waals surface area contributed by atoms with Crippen LogP contribution < -0.4 is 0 Å². The second-order valence-electron chi connectivity index (χ2n) is 4.63. The summed E-state index contributed by atoms with van der Waals surface area (Å²) in [5.74, 6) is 0.350. The van der Waals surface area contributed by atoms with E-state index in [1.165, 1.54) is 6.08 Å². The molecule has 14 heavy (non-hydrogen) atoms. The van der Waals surface area contributed by atoms with Crippen molar-refractivity contribution in [3.63, 3.8) is 0 Å². The Kier molecular flexibility index (Phi) is 2.70. The Morgan fingerprint density at radius 1 is 1.29 bits per heavy atom. The molecule has 2 radical (unpaired) electrons. The third-order valence-corrected chi connectivity index (χ3v) is 2.30. The van der Waals surface area contributed by atoms with Crippen molar-refractivity contribution in [3.8, 4) is 5.75 Å². The van der Waals surface area contributed by atoms with Crippen LogP contribution in [0.25, 0.3) is 6.08 Å². The van der Waals surface area contributed by atoms with E-state index in [1.54, 1.807) is 0 Å². The maximum atomic E-state index is 9.88. The molecule has 0 unspecified atom stereocenters. The SMILES string of the molecule is [C]=Cc1cc(C)c(O)c(C(C)(C)C)c1. The van der Waals surface area contributed by atoms with Gasteiger partial charge in [-0.1, -0.05) is 20.8 Å². The van der Waals surface area contributed by atoms with Gasteiger partial charge in [0, 0.05) is 5.56 Å². The minimum absolute atomic E-state index is 0.0894. The van der Waals surface area contributed by atoms with Crippen molar-refractivity contribution in [1.82, 2.24) is 0 Å². The average molecular weight is 188 g/mol. The Balaban J connectivity index is 3.42. The lowest BCUT2D eigenvalue weighted by Gasteiger charge is -2.22. The Bertz CT molecular complexity index is 356. The number of aromatic hydroxyl groups is 1. The van der Waals surface area contributed by atoms with Crippen molar-refractivity contribution in [2.45, 2.75) is 33.1 Å². The average Bonchev–Trinajstić information content (AvgIpc) is 2.07. The predicted molar refractivity (Wildman–Crippen MR) is 59.3 cm³/mol. The Morgan fingerprint density at radius 2 is 1.86 bits per heavy atom. The van der Waals surface area contributed by atoms with Gasteiger partial charge in [0.15, 0.2) is 0 Å².